The van der Waals surface area contributed by atoms with E-state index in [9.17, 15) is 4.79 Å². The molecule has 2 N–H and O–H groups in total. The number of nitrogens with one attached hydrogen (secondary N) is 2. The van der Waals surface area contributed by atoms with Crippen molar-refractivity contribution in [1.82, 2.24) is 15.5 Å². The Morgan fingerprint density at radius 1 is 1.28 bits per heavy atom. The van der Waals surface area contributed by atoms with Gasteiger partial charge in [0.2, 0.25) is 0 Å². The second kappa shape index (κ2) is 9.35. The van der Waals surface area contributed by atoms with Crippen molar-refractivity contribution in [1.29, 1.82) is 0 Å². The maximum Gasteiger partial charge on any atom is 0.256 e. The van der Waals surface area contributed by atoms with Crippen LogP contribution in [0.4, 0.5) is 0 Å². The molecule has 7 heteroatoms. The van der Waals surface area contributed by atoms with Crippen molar-refractivity contribution in [2.45, 2.75) is 62.8 Å². The van der Waals surface area contributed by atoms with E-state index in [1.807, 2.05) is 6.92 Å². The minimum atomic E-state index is -0.589. The van der Waals surface area contributed by atoms with Crippen molar-refractivity contribution in [3.8, 4) is 0 Å². The molecule has 3 fully saturated rings. The summed E-state index contributed by atoms with van der Waals surface area (Å²) in [7, 11) is 0. The number of hydrogen-bond donors (Lipinski definition) is 2. The Kier molecular flexibility index (Phi) is 7.16. The number of carbonyl (C=O) groups excluding carboxylic acids is 1. The van der Waals surface area contributed by atoms with Gasteiger partial charge in [0.1, 0.15) is 4.87 Å². The topological polar surface area (TPSA) is 66.0 Å². The van der Waals surface area contributed by atoms with Crippen molar-refractivity contribution in [2.24, 2.45) is 4.99 Å². The van der Waals surface area contributed by atoms with E-state index >= 15 is 0 Å². The third-order valence-corrected chi connectivity index (χ3v) is 6.44. The minimum absolute atomic E-state index is 0.0382. The molecule has 1 amide bonds. The van der Waals surface area contributed by atoms with Crippen LogP contribution in [0.2, 0.25) is 0 Å². The molecular formula is C18H32N4O2S. The van der Waals surface area contributed by atoms with E-state index in [1.54, 1.807) is 11.8 Å². The summed E-state index contributed by atoms with van der Waals surface area (Å²) >= 11 is 1.55. The van der Waals surface area contributed by atoms with Crippen LogP contribution in [0, 0.1) is 0 Å². The van der Waals surface area contributed by atoms with Crippen molar-refractivity contribution in [2.75, 3.05) is 39.4 Å². The molecule has 142 valence electrons. The third-order valence-electron chi connectivity index (χ3n) is 5.30. The van der Waals surface area contributed by atoms with Crippen LogP contribution in [-0.4, -0.2) is 66.3 Å². The Hall–Kier alpha value is -0.630. The lowest BCUT2D eigenvalue weighted by Crippen LogP contribution is -2.47. The second-order valence-corrected chi connectivity index (χ2v) is 8.81. The van der Waals surface area contributed by atoms with Gasteiger partial charge >= 0.3 is 0 Å². The largest absolute Gasteiger partial charge is 0.379 e. The van der Waals surface area contributed by atoms with Gasteiger partial charge in [-0.25, -0.2) is 0 Å². The highest BCUT2D eigenvalue weighted by Crippen LogP contribution is 2.30. The molecule has 2 heterocycles. The molecule has 2 aliphatic heterocycles. The highest BCUT2D eigenvalue weighted by atomic mass is 32.2. The summed E-state index contributed by atoms with van der Waals surface area (Å²) in [5.74, 6) is 0.0382. The molecule has 25 heavy (non-hydrogen) atoms. The Balaban J connectivity index is 1.43. The predicted octanol–water partition coefficient (Wildman–Crippen LogP) is 1.96. The van der Waals surface area contributed by atoms with Gasteiger partial charge in [0.25, 0.3) is 5.91 Å². The molecule has 1 saturated carbocycles. The van der Waals surface area contributed by atoms with Gasteiger partial charge in [-0.05, 0) is 39.3 Å². The Labute approximate surface area is 155 Å². The molecule has 2 saturated heterocycles. The first-order valence-electron chi connectivity index (χ1n) is 9.79. The minimum Gasteiger partial charge on any atom is -0.379 e. The van der Waals surface area contributed by atoms with E-state index in [-0.39, 0.29) is 5.91 Å². The summed E-state index contributed by atoms with van der Waals surface area (Å²) < 4.78 is 5.37. The number of rotatable bonds is 6. The number of amidine groups is 1. The zero-order chi connectivity index (χ0) is 17.5. The number of hydrogen-bond acceptors (Lipinski definition) is 6. The zero-order valence-corrected chi connectivity index (χ0v) is 16.2. The van der Waals surface area contributed by atoms with Gasteiger partial charge in [-0.2, -0.15) is 0 Å². The van der Waals surface area contributed by atoms with Gasteiger partial charge in [-0.15, -0.1) is 0 Å². The molecule has 1 unspecified atom stereocenters. The first-order valence-corrected chi connectivity index (χ1v) is 10.6. The fourth-order valence-electron chi connectivity index (χ4n) is 3.66. The normalized spacial score (nSPS) is 31.2. The molecule has 0 aromatic heterocycles. The molecule has 1 atom stereocenters. The van der Waals surface area contributed by atoms with E-state index in [1.165, 1.54) is 25.7 Å². The van der Waals surface area contributed by atoms with Crippen LogP contribution in [-0.2, 0) is 9.53 Å². The summed E-state index contributed by atoms with van der Waals surface area (Å²) in [5, 5.41) is 7.23. The molecule has 6 nitrogen and oxygen atoms in total. The Morgan fingerprint density at radius 3 is 2.72 bits per heavy atom. The molecule has 0 spiro atoms. The number of nitrogens with zero attached hydrogens (tertiary/aromatic N) is 2. The van der Waals surface area contributed by atoms with Crippen molar-refractivity contribution < 1.29 is 9.53 Å². The molecule has 0 aromatic carbocycles. The maximum absolute atomic E-state index is 12.4. The second-order valence-electron chi connectivity index (χ2n) is 7.40. The molecule has 0 aromatic rings. The number of carbonyl (C=O) groups is 1. The first kappa shape index (κ1) is 19.1. The smallest absolute Gasteiger partial charge is 0.256 e. The van der Waals surface area contributed by atoms with Crippen LogP contribution >= 0.6 is 11.8 Å². The van der Waals surface area contributed by atoms with Crippen molar-refractivity contribution >= 4 is 22.8 Å². The van der Waals surface area contributed by atoms with Gasteiger partial charge in [-0.1, -0.05) is 37.4 Å². The molecular weight excluding hydrogens is 336 g/mol. The summed E-state index contributed by atoms with van der Waals surface area (Å²) in [6.45, 7) is 7.58. The number of thioether (sulfide) groups is 1. The highest BCUT2D eigenvalue weighted by molar-refractivity contribution is 8.16. The first-order chi connectivity index (χ1) is 12.2. The Morgan fingerprint density at radius 2 is 2.00 bits per heavy atom. The van der Waals surface area contributed by atoms with Crippen LogP contribution in [0.15, 0.2) is 4.99 Å². The number of amides is 1. The maximum atomic E-state index is 12.4. The summed E-state index contributed by atoms with van der Waals surface area (Å²) in [6.07, 6.45) is 8.52. The quantitative estimate of drug-likeness (QED) is 0.554. The van der Waals surface area contributed by atoms with Crippen LogP contribution in [0.25, 0.3) is 0 Å². The average molecular weight is 369 g/mol. The van der Waals surface area contributed by atoms with Gasteiger partial charge in [0.15, 0.2) is 5.17 Å². The fraction of sp³-hybridized carbons (Fsp3) is 0.889. The predicted molar refractivity (Wildman–Crippen MR) is 103 cm³/mol. The SMILES string of the molecule is CC1(NCCCN2CCOCC2)SC(=NC2CCCCCC2)NC1=O. The molecule has 0 bridgehead atoms. The van der Waals surface area contributed by atoms with Crippen LogP contribution in [0.1, 0.15) is 51.9 Å². The van der Waals surface area contributed by atoms with Crippen LogP contribution < -0.4 is 10.6 Å². The monoisotopic (exact) mass is 368 g/mol. The average Bonchev–Trinajstić information content (AvgIpc) is 2.79. The Bertz CT molecular complexity index is 474. The fourth-order valence-corrected chi connectivity index (χ4v) is 4.71. The van der Waals surface area contributed by atoms with E-state index < -0.39 is 4.87 Å². The lowest BCUT2D eigenvalue weighted by Gasteiger charge is -2.27. The van der Waals surface area contributed by atoms with Crippen molar-refractivity contribution in [3.63, 3.8) is 0 Å². The summed E-state index contributed by atoms with van der Waals surface area (Å²) in [4.78, 5) is 19.1. The van der Waals surface area contributed by atoms with Crippen molar-refractivity contribution in [3.05, 3.63) is 0 Å². The van der Waals surface area contributed by atoms with Gasteiger partial charge in [-0.3, -0.25) is 20.0 Å². The van der Waals surface area contributed by atoms with Gasteiger partial charge < -0.3 is 10.1 Å². The molecule has 1 aliphatic carbocycles. The molecule has 3 rings (SSSR count). The van der Waals surface area contributed by atoms with Gasteiger partial charge in [0, 0.05) is 13.1 Å². The lowest BCUT2D eigenvalue weighted by molar-refractivity contribution is -0.121. The number of aliphatic imine (C=N–C) groups is 1. The standard InChI is InChI=1S/C18H32N4O2S/c1-18(19-9-6-10-22-11-13-24-14-12-22)16(23)21-17(25-18)20-15-7-4-2-3-5-8-15/h15,19H,2-14H2,1H3,(H,20,21,23). The zero-order valence-electron chi connectivity index (χ0n) is 15.4. The molecule has 3 aliphatic rings. The highest BCUT2D eigenvalue weighted by Gasteiger charge is 2.42. The van der Waals surface area contributed by atoms with Crippen LogP contribution in [0.5, 0.6) is 0 Å². The number of morpholine rings is 1. The van der Waals surface area contributed by atoms with Gasteiger partial charge in [0.05, 0.1) is 19.3 Å². The molecule has 0 radical (unpaired) electrons. The van der Waals surface area contributed by atoms with E-state index in [2.05, 4.69) is 15.5 Å². The number of ether oxygens (including phenoxy) is 1. The van der Waals surface area contributed by atoms with E-state index in [0.717, 1.165) is 63.8 Å². The summed E-state index contributed by atoms with van der Waals surface area (Å²) in [5.41, 5.74) is 0. The van der Waals surface area contributed by atoms with E-state index in [0.29, 0.717) is 6.04 Å². The lowest BCUT2D eigenvalue weighted by atomic mass is 10.1. The summed E-state index contributed by atoms with van der Waals surface area (Å²) in [6, 6.07) is 0.383. The third kappa shape index (κ3) is 5.67. The van der Waals surface area contributed by atoms with Crippen LogP contribution in [0.3, 0.4) is 0 Å². The van der Waals surface area contributed by atoms with E-state index in [4.69, 9.17) is 9.73 Å².